The quantitative estimate of drug-likeness (QED) is 0.728. The molecule has 23 heavy (non-hydrogen) atoms. The molecule has 0 saturated carbocycles. The van der Waals surface area contributed by atoms with Gasteiger partial charge in [0.2, 0.25) is 0 Å². The lowest BCUT2D eigenvalue weighted by atomic mass is 10.1. The Morgan fingerprint density at radius 1 is 1.09 bits per heavy atom. The van der Waals surface area contributed by atoms with Crippen LogP contribution < -0.4 is 5.56 Å². The molecule has 0 radical (unpaired) electrons. The molecule has 0 aliphatic rings. The maximum absolute atomic E-state index is 12.4. The summed E-state index contributed by atoms with van der Waals surface area (Å²) >= 11 is 0. The van der Waals surface area contributed by atoms with Gasteiger partial charge in [0.15, 0.2) is 0 Å². The summed E-state index contributed by atoms with van der Waals surface area (Å²) in [5.74, 6) is 1.69. The molecule has 0 fully saturated rings. The van der Waals surface area contributed by atoms with E-state index < -0.39 is 0 Å². The molecule has 0 aliphatic carbocycles. The summed E-state index contributed by atoms with van der Waals surface area (Å²) in [4.78, 5) is 21.2. The Balaban J connectivity index is 2.07. The third-order valence-electron chi connectivity index (χ3n) is 4.03. The van der Waals surface area contributed by atoms with Gasteiger partial charge in [0.1, 0.15) is 11.6 Å². The van der Waals surface area contributed by atoms with Gasteiger partial charge in [-0.15, -0.1) is 0 Å². The van der Waals surface area contributed by atoms with E-state index in [0.29, 0.717) is 6.54 Å². The topological polar surface area (TPSA) is 52.7 Å². The van der Waals surface area contributed by atoms with Crippen molar-refractivity contribution in [1.82, 2.24) is 19.1 Å². The van der Waals surface area contributed by atoms with Crippen LogP contribution in [0.2, 0.25) is 0 Å². The summed E-state index contributed by atoms with van der Waals surface area (Å²) in [6.45, 7) is 4.58. The SMILES string of the molecule is CCC(c1nccc(=O)n1Cc1ccccc1)n1ccnc1C. The van der Waals surface area contributed by atoms with Crippen LogP contribution >= 0.6 is 0 Å². The van der Waals surface area contributed by atoms with Crippen LogP contribution in [0.25, 0.3) is 0 Å². The van der Waals surface area contributed by atoms with Gasteiger partial charge in [-0.1, -0.05) is 37.3 Å². The molecule has 0 amide bonds. The van der Waals surface area contributed by atoms with Gasteiger partial charge in [-0.3, -0.25) is 9.36 Å². The number of hydrogen-bond acceptors (Lipinski definition) is 3. The fourth-order valence-electron chi connectivity index (χ4n) is 2.86. The van der Waals surface area contributed by atoms with Crippen molar-refractivity contribution >= 4 is 0 Å². The molecule has 0 bridgehead atoms. The normalized spacial score (nSPS) is 12.3. The van der Waals surface area contributed by atoms with Crippen molar-refractivity contribution < 1.29 is 0 Å². The minimum atomic E-state index is -0.0323. The predicted molar refractivity (Wildman–Crippen MR) is 89.4 cm³/mol. The van der Waals surface area contributed by atoms with Gasteiger partial charge in [-0.05, 0) is 18.9 Å². The molecule has 3 aromatic rings. The molecule has 2 heterocycles. The van der Waals surface area contributed by atoms with E-state index in [1.54, 1.807) is 17.0 Å². The molecule has 1 aromatic carbocycles. The van der Waals surface area contributed by atoms with Gasteiger partial charge >= 0.3 is 0 Å². The summed E-state index contributed by atoms with van der Waals surface area (Å²) < 4.78 is 3.83. The Labute approximate surface area is 135 Å². The zero-order valence-corrected chi connectivity index (χ0v) is 13.4. The number of hydrogen-bond donors (Lipinski definition) is 0. The third-order valence-corrected chi connectivity index (χ3v) is 4.03. The van der Waals surface area contributed by atoms with Gasteiger partial charge in [0, 0.05) is 24.7 Å². The molecular formula is C18H20N4O. The number of aromatic nitrogens is 4. The first-order chi connectivity index (χ1) is 11.2. The summed E-state index contributed by atoms with van der Waals surface area (Å²) in [7, 11) is 0. The highest BCUT2D eigenvalue weighted by Gasteiger charge is 2.19. The van der Waals surface area contributed by atoms with Gasteiger partial charge < -0.3 is 4.57 Å². The summed E-state index contributed by atoms with van der Waals surface area (Å²) in [6.07, 6.45) is 6.15. The van der Waals surface area contributed by atoms with Crippen molar-refractivity contribution in [1.29, 1.82) is 0 Å². The van der Waals surface area contributed by atoms with Crippen LogP contribution in [-0.2, 0) is 6.54 Å². The van der Waals surface area contributed by atoms with Crippen molar-refractivity contribution in [2.45, 2.75) is 32.9 Å². The molecule has 0 spiro atoms. The fraction of sp³-hybridized carbons (Fsp3) is 0.278. The second-order valence-corrected chi connectivity index (χ2v) is 5.52. The molecule has 2 aromatic heterocycles. The van der Waals surface area contributed by atoms with E-state index in [0.717, 1.165) is 23.6 Å². The lowest BCUT2D eigenvalue weighted by molar-refractivity contribution is 0.485. The van der Waals surface area contributed by atoms with Crippen LogP contribution in [0.5, 0.6) is 0 Å². The molecule has 118 valence electrons. The Bertz CT molecular complexity index is 835. The number of rotatable bonds is 5. The van der Waals surface area contributed by atoms with E-state index in [-0.39, 0.29) is 11.6 Å². The van der Waals surface area contributed by atoms with Crippen LogP contribution in [-0.4, -0.2) is 19.1 Å². The molecular weight excluding hydrogens is 288 g/mol. The number of nitrogens with zero attached hydrogens (tertiary/aromatic N) is 4. The molecule has 1 atom stereocenters. The molecule has 5 heteroatoms. The van der Waals surface area contributed by atoms with E-state index in [1.807, 2.05) is 43.5 Å². The zero-order valence-electron chi connectivity index (χ0n) is 13.4. The van der Waals surface area contributed by atoms with Crippen molar-refractivity contribution in [2.75, 3.05) is 0 Å². The molecule has 0 aliphatic heterocycles. The molecule has 5 nitrogen and oxygen atoms in total. The Kier molecular flexibility index (Phi) is 4.37. The minimum Gasteiger partial charge on any atom is -0.325 e. The average Bonchev–Trinajstić information content (AvgIpc) is 2.98. The van der Waals surface area contributed by atoms with Crippen molar-refractivity contribution in [3.63, 3.8) is 0 Å². The minimum absolute atomic E-state index is 0.00453. The van der Waals surface area contributed by atoms with Gasteiger partial charge in [-0.25, -0.2) is 9.97 Å². The second kappa shape index (κ2) is 6.60. The van der Waals surface area contributed by atoms with Gasteiger partial charge in [-0.2, -0.15) is 0 Å². The van der Waals surface area contributed by atoms with E-state index in [1.165, 1.54) is 6.07 Å². The van der Waals surface area contributed by atoms with Crippen molar-refractivity contribution in [2.24, 2.45) is 0 Å². The maximum Gasteiger partial charge on any atom is 0.253 e. The van der Waals surface area contributed by atoms with Crippen LogP contribution in [0, 0.1) is 6.92 Å². The highest BCUT2D eigenvalue weighted by atomic mass is 16.1. The maximum atomic E-state index is 12.4. The van der Waals surface area contributed by atoms with Crippen LogP contribution in [0.1, 0.15) is 36.6 Å². The largest absolute Gasteiger partial charge is 0.325 e. The smallest absolute Gasteiger partial charge is 0.253 e. The fourth-order valence-corrected chi connectivity index (χ4v) is 2.86. The van der Waals surface area contributed by atoms with Crippen LogP contribution in [0.3, 0.4) is 0 Å². The highest BCUT2D eigenvalue weighted by Crippen LogP contribution is 2.21. The summed E-state index contributed by atoms with van der Waals surface area (Å²) in [6, 6.07) is 11.5. The van der Waals surface area contributed by atoms with Crippen LogP contribution in [0.15, 0.2) is 59.8 Å². The first-order valence-corrected chi connectivity index (χ1v) is 7.79. The summed E-state index contributed by atoms with van der Waals surface area (Å²) in [5.41, 5.74) is 1.05. The summed E-state index contributed by atoms with van der Waals surface area (Å²) in [5, 5.41) is 0. The Morgan fingerprint density at radius 3 is 2.52 bits per heavy atom. The van der Waals surface area contributed by atoms with E-state index >= 15 is 0 Å². The van der Waals surface area contributed by atoms with Gasteiger partial charge in [0.25, 0.3) is 5.56 Å². The van der Waals surface area contributed by atoms with Crippen molar-refractivity contribution in [3.8, 4) is 0 Å². The molecule has 1 unspecified atom stereocenters. The predicted octanol–water partition coefficient (Wildman–Crippen LogP) is 2.80. The molecule has 0 N–H and O–H groups in total. The monoisotopic (exact) mass is 308 g/mol. The molecule has 3 rings (SSSR count). The Morgan fingerprint density at radius 2 is 1.87 bits per heavy atom. The first-order valence-electron chi connectivity index (χ1n) is 7.79. The van der Waals surface area contributed by atoms with E-state index in [9.17, 15) is 4.79 Å². The van der Waals surface area contributed by atoms with Crippen LogP contribution in [0.4, 0.5) is 0 Å². The van der Waals surface area contributed by atoms with E-state index in [4.69, 9.17) is 0 Å². The molecule has 0 saturated heterocycles. The first kappa shape index (κ1) is 15.2. The van der Waals surface area contributed by atoms with E-state index in [2.05, 4.69) is 21.5 Å². The van der Waals surface area contributed by atoms with Crippen molar-refractivity contribution in [3.05, 3.63) is 82.6 Å². The zero-order chi connectivity index (χ0) is 16.2. The number of benzene rings is 1. The lowest BCUT2D eigenvalue weighted by Crippen LogP contribution is -2.28. The highest BCUT2D eigenvalue weighted by molar-refractivity contribution is 5.16. The Hall–Kier alpha value is -2.69. The third kappa shape index (κ3) is 3.08. The lowest BCUT2D eigenvalue weighted by Gasteiger charge is -2.21. The number of aryl methyl sites for hydroxylation is 1. The average molecular weight is 308 g/mol. The standard InChI is InChI=1S/C18H20N4O/c1-3-16(21-12-11-19-14(21)2)18-20-10-9-17(23)22(18)13-15-7-5-4-6-8-15/h4-12,16H,3,13H2,1-2H3. The number of imidazole rings is 1. The second-order valence-electron chi connectivity index (χ2n) is 5.52. The van der Waals surface area contributed by atoms with Gasteiger partial charge in [0.05, 0.1) is 12.6 Å².